The molecule has 12 heteroatoms. The van der Waals surface area contributed by atoms with Crippen LogP contribution in [0.4, 0.5) is 17.1 Å². The first-order valence-electron chi connectivity index (χ1n) is 18.2. The third-order valence-corrected chi connectivity index (χ3v) is 10.7. The summed E-state index contributed by atoms with van der Waals surface area (Å²) < 4.78 is 38.0. The highest BCUT2D eigenvalue weighted by molar-refractivity contribution is 7.85. The first-order valence-corrected chi connectivity index (χ1v) is 19.6. The minimum absolute atomic E-state index is 0.0639. The number of nitrogens with zero attached hydrogens (tertiary/aromatic N) is 6. The van der Waals surface area contributed by atoms with Gasteiger partial charge in [0, 0.05) is 40.5 Å². The summed E-state index contributed by atoms with van der Waals surface area (Å²) >= 11 is 0. The molecule has 52 heavy (non-hydrogen) atoms. The molecule has 0 amide bonds. The SMILES string of the molecule is CCCCCCN1c2cc(C)c(N=C3C(C(C)(C)C)=Nn4nc(-c5cccc(NCOc6cccc(S(=O)(=O)O)c6)c5)nc43)cc2C(C)CC1(C)C. The largest absolute Gasteiger partial charge is 0.473 e. The number of hydrogen-bond donors (Lipinski definition) is 2. The predicted octanol–water partition coefficient (Wildman–Crippen LogP) is 9.01. The predicted molar refractivity (Wildman–Crippen MR) is 209 cm³/mol. The molecule has 276 valence electrons. The molecule has 2 N–H and O–H groups in total. The molecule has 0 aliphatic carbocycles. The van der Waals surface area contributed by atoms with E-state index in [0.717, 1.165) is 46.9 Å². The van der Waals surface area contributed by atoms with Crippen LogP contribution in [0.5, 0.6) is 5.75 Å². The van der Waals surface area contributed by atoms with E-state index in [0.29, 0.717) is 23.3 Å². The van der Waals surface area contributed by atoms with Crippen molar-refractivity contribution in [2.75, 3.05) is 23.5 Å². The van der Waals surface area contributed by atoms with Crippen molar-refractivity contribution in [1.29, 1.82) is 0 Å². The van der Waals surface area contributed by atoms with E-state index in [1.165, 1.54) is 55.1 Å². The number of aromatic nitrogens is 3. The fraction of sp³-hybridized carbons (Fsp3) is 0.450. The van der Waals surface area contributed by atoms with Crippen LogP contribution in [-0.2, 0) is 10.1 Å². The Morgan fingerprint density at radius 1 is 1.06 bits per heavy atom. The van der Waals surface area contributed by atoms with Gasteiger partial charge in [0.2, 0.25) is 5.82 Å². The Hall–Kier alpha value is -4.55. The number of aryl methyl sites for hydroxylation is 1. The summed E-state index contributed by atoms with van der Waals surface area (Å²) in [6.07, 6.45) is 6.03. The molecule has 11 nitrogen and oxygen atoms in total. The molecule has 0 spiro atoms. The minimum atomic E-state index is -4.33. The summed E-state index contributed by atoms with van der Waals surface area (Å²) in [4.78, 5) is 14.3. The average molecular weight is 726 g/mol. The summed E-state index contributed by atoms with van der Waals surface area (Å²) in [6.45, 7) is 19.0. The lowest BCUT2D eigenvalue weighted by atomic mass is 9.79. The van der Waals surface area contributed by atoms with Crippen LogP contribution < -0.4 is 15.0 Å². The van der Waals surface area contributed by atoms with Crippen molar-refractivity contribution in [2.45, 2.75) is 104 Å². The lowest BCUT2D eigenvalue weighted by Crippen LogP contribution is -2.48. The van der Waals surface area contributed by atoms with Gasteiger partial charge < -0.3 is 15.0 Å². The van der Waals surface area contributed by atoms with E-state index >= 15 is 0 Å². The number of fused-ring (bicyclic) bond motifs is 2. The molecule has 2 aliphatic heterocycles. The van der Waals surface area contributed by atoms with E-state index in [1.807, 2.05) is 24.3 Å². The highest BCUT2D eigenvalue weighted by Crippen LogP contribution is 2.46. The maximum atomic E-state index is 11.5. The van der Waals surface area contributed by atoms with Gasteiger partial charge in [-0.05, 0) is 87.1 Å². The zero-order chi connectivity index (χ0) is 37.4. The van der Waals surface area contributed by atoms with Gasteiger partial charge in [0.15, 0.2) is 12.6 Å². The third-order valence-electron chi connectivity index (χ3n) is 9.84. The Kier molecular flexibility index (Phi) is 10.4. The van der Waals surface area contributed by atoms with Gasteiger partial charge >= 0.3 is 0 Å². The number of nitrogens with one attached hydrogen (secondary N) is 1. The number of anilines is 2. The molecule has 6 rings (SSSR count). The maximum Gasteiger partial charge on any atom is 0.294 e. The van der Waals surface area contributed by atoms with Gasteiger partial charge in [-0.25, -0.2) is 9.98 Å². The van der Waals surface area contributed by atoms with Crippen molar-refractivity contribution in [2.24, 2.45) is 15.5 Å². The lowest BCUT2D eigenvalue weighted by molar-refractivity contribution is 0.345. The number of ether oxygens (including phenoxy) is 1. The minimum Gasteiger partial charge on any atom is -0.473 e. The standard InChI is InChI=1S/C40H51N7O4S/c1-9-10-11-12-19-46-34-20-26(2)33(23-32(34)27(3)24-40(46,7)8)42-35-36(39(4,5)6)44-47-38(35)43-37(45-47)28-15-13-16-29(21-28)41-25-51-30-17-14-18-31(22-30)52(48,49)50/h13-18,20-23,27,41H,9-12,19,24-25H2,1-8H3,(H,48,49,50). The molecule has 3 aromatic carbocycles. The number of hydrogen-bond acceptors (Lipinski definition) is 9. The summed E-state index contributed by atoms with van der Waals surface area (Å²) in [5, 5.41) is 12.9. The van der Waals surface area contributed by atoms with Crippen molar-refractivity contribution in [3.8, 4) is 17.1 Å². The van der Waals surface area contributed by atoms with Crippen molar-refractivity contribution < 1.29 is 17.7 Å². The van der Waals surface area contributed by atoms with Crippen LogP contribution in [0.2, 0.25) is 0 Å². The Labute approximate surface area is 308 Å². The highest BCUT2D eigenvalue weighted by atomic mass is 32.2. The molecule has 1 atom stereocenters. The van der Waals surface area contributed by atoms with E-state index in [2.05, 4.69) is 77.7 Å². The van der Waals surface area contributed by atoms with Gasteiger partial charge in [-0.2, -0.15) is 13.5 Å². The number of benzene rings is 3. The molecular formula is C40H51N7O4S. The van der Waals surface area contributed by atoms with Crippen LogP contribution in [0.25, 0.3) is 11.4 Å². The van der Waals surface area contributed by atoms with Crippen molar-refractivity contribution >= 4 is 38.6 Å². The summed E-state index contributed by atoms with van der Waals surface area (Å²) in [5.74, 6) is 1.82. The van der Waals surface area contributed by atoms with Crippen LogP contribution in [0, 0.1) is 12.3 Å². The van der Waals surface area contributed by atoms with Crippen molar-refractivity contribution in [3.63, 3.8) is 0 Å². The Balaban J connectivity index is 1.28. The van der Waals surface area contributed by atoms with Crippen molar-refractivity contribution in [1.82, 2.24) is 14.9 Å². The van der Waals surface area contributed by atoms with Gasteiger partial charge in [-0.15, -0.1) is 9.89 Å². The smallest absolute Gasteiger partial charge is 0.294 e. The molecule has 1 aromatic heterocycles. The van der Waals surface area contributed by atoms with Gasteiger partial charge in [0.1, 0.15) is 11.5 Å². The van der Waals surface area contributed by atoms with Gasteiger partial charge in [0.25, 0.3) is 10.1 Å². The average Bonchev–Trinajstić information content (AvgIpc) is 3.64. The van der Waals surface area contributed by atoms with Crippen LogP contribution in [0.15, 0.2) is 75.7 Å². The second-order valence-corrected chi connectivity index (χ2v) is 17.1. The number of rotatable bonds is 12. The zero-order valence-electron chi connectivity index (χ0n) is 31.6. The first-order chi connectivity index (χ1) is 24.5. The number of aliphatic imine (C=N–C) groups is 1. The molecule has 2 aliphatic rings. The van der Waals surface area contributed by atoms with Gasteiger partial charge in [-0.1, -0.05) is 72.1 Å². The Morgan fingerprint density at radius 3 is 2.56 bits per heavy atom. The van der Waals surface area contributed by atoms with E-state index in [1.54, 1.807) is 10.9 Å². The van der Waals surface area contributed by atoms with Crippen LogP contribution in [0.3, 0.4) is 0 Å². The molecular weight excluding hydrogens is 675 g/mol. The van der Waals surface area contributed by atoms with Crippen LogP contribution in [0.1, 0.15) is 103 Å². The third kappa shape index (κ3) is 7.92. The van der Waals surface area contributed by atoms with E-state index in [-0.39, 0.29) is 22.6 Å². The Morgan fingerprint density at radius 2 is 1.83 bits per heavy atom. The van der Waals surface area contributed by atoms with E-state index in [9.17, 15) is 13.0 Å². The number of unbranched alkanes of at least 4 members (excludes halogenated alkanes) is 3. The molecule has 0 radical (unpaired) electrons. The monoisotopic (exact) mass is 725 g/mol. The van der Waals surface area contributed by atoms with Crippen LogP contribution in [-0.4, -0.2) is 58.1 Å². The molecule has 0 bridgehead atoms. The van der Waals surface area contributed by atoms with E-state index in [4.69, 9.17) is 24.9 Å². The van der Waals surface area contributed by atoms with Crippen LogP contribution >= 0.6 is 0 Å². The van der Waals surface area contributed by atoms with Gasteiger partial charge in [-0.3, -0.25) is 4.55 Å². The fourth-order valence-corrected chi connectivity index (χ4v) is 7.69. The molecule has 1 unspecified atom stereocenters. The maximum absolute atomic E-state index is 11.5. The first kappa shape index (κ1) is 37.2. The lowest BCUT2D eigenvalue weighted by Gasteiger charge is -2.48. The molecule has 0 saturated heterocycles. The van der Waals surface area contributed by atoms with E-state index < -0.39 is 10.1 Å². The molecule has 3 heterocycles. The summed E-state index contributed by atoms with van der Waals surface area (Å²) in [6, 6.07) is 17.9. The Bertz CT molecular complexity index is 2130. The zero-order valence-corrected chi connectivity index (χ0v) is 32.4. The van der Waals surface area contributed by atoms with Crippen molar-refractivity contribution in [3.05, 3.63) is 77.6 Å². The van der Waals surface area contributed by atoms with Gasteiger partial charge in [0.05, 0.1) is 16.3 Å². The normalized spacial score (nSPS) is 17.6. The molecule has 0 fully saturated rings. The fourth-order valence-electron chi connectivity index (χ4n) is 7.18. The highest BCUT2D eigenvalue weighted by Gasteiger charge is 2.38. The summed E-state index contributed by atoms with van der Waals surface area (Å²) in [7, 11) is -4.33. The second kappa shape index (κ2) is 14.5. The molecule has 4 aromatic rings. The summed E-state index contributed by atoms with van der Waals surface area (Å²) in [5.41, 5.74) is 7.61. The quantitative estimate of drug-likeness (QED) is 0.0840. The second-order valence-electron chi connectivity index (χ2n) is 15.6. The molecule has 0 saturated carbocycles. The topological polar surface area (TPSA) is 134 Å².